The van der Waals surface area contributed by atoms with Crippen LogP contribution in [0.3, 0.4) is 0 Å². The van der Waals surface area contributed by atoms with Gasteiger partial charge in [0.25, 0.3) is 0 Å². The van der Waals surface area contributed by atoms with Crippen molar-refractivity contribution in [3.8, 4) is 0 Å². The molecule has 0 rings (SSSR count). The zero-order valence-electron chi connectivity index (χ0n) is 23.5. The average Bonchev–Trinajstić information content (AvgIpc) is 2.88. The van der Waals surface area contributed by atoms with E-state index in [1.54, 1.807) is 6.08 Å². The highest BCUT2D eigenvalue weighted by Crippen LogP contribution is 2.07. The van der Waals surface area contributed by atoms with E-state index < -0.39 is 12.1 Å². The summed E-state index contributed by atoms with van der Waals surface area (Å²) in [6, 6.07) is -0.656. The number of hydrogen-bond donors (Lipinski definition) is 3. The molecule has 2 atom stereocenters. The maximum absolute atomic E-state index is 12.1. The number of nitrogens with one attached hydrogen (secondary N) is 1. The van der Waals surface area contributed by atoms with Crippen molar-refractivity contribution in [3.63, 3.8) is 0 Å². The van der Waals surface area contributed by atoms with Crippen molar-refractivity contribution in [1.29, 1.82) is 0 Å². The second-order valence-electron chi connectivity index (χ2n) is 9.79. The lowest BCUT2D eigenvalue weighted by molar-refractivity contribution is -0.122. The lowest BCUT2D eigenvalue weighted by Crippen LogP contribution is -2.45. The first-order valence-corrected chi connectivity index (χ1v) is 14.9. The number of allylic oxidation sites excluding steroid dienone is 7. The molecule has 0 saturated carbocycles. The number of amides is 1. The van der Waals surface area contributed by atoms with Gasteiger partial charge < -0.3 is 15.5 Å². The van der Waals surface area contributed by atoms with Crippen LogP contribution >= 0.6 is 0 Å². The van der Waals surface area contributed by atoms with Crippen molar-refractivity contribution < 1.29 is 15.0 Å². The fraction of sp³-hybridized carbons (Fsp3) is 0.719. The normalized spacial score (nSPS) is 14.0. The van der Waals surface area contributed by atoms with E-state index in [4.69, 9.17) is 0 Å². The van der Waals surface area contributed by atoms with E-state index in [2.05, 4.69) is 55.6 Å². The van der Waals surface area contributed by atoms with Crippen LogP contribution in [0, 0.1) is 0 Å². The molecule has 0 aliphatic heterocycles. The van der Waals surface area contributed by atoms with E-state index in [0.717, 1.165) is 44.9 Å². The van der Waals surface area contributed by atoms with Gasteiger partial charge >= 0.3 is 0 Å². The summed E-state index contributed by atoms with van der Waals surface area (Å²) in [5.74, 6) is -0.119. The van der Waals surface area contributed by atoms with Gasteiger partial charge in [0.15, 0.2) is 0 Å². The third-order valence-electron chi connectivity index (χ3n) is 6.26. The van der Waals surface area contributed by atoms with Crippen LogP contribution in [-0.2, 0) is 4.79 Å². The molecule has 0 radical (unpaired) electrons. The summed E-state index contributed by atoms with van der Waals surface area (Å²) in [5, 5.41) is 22.6. The van der Waals surface area contributed by atoms with Crippen LogP contribution in [0.25, 0.3) is 0 Å². The number of unbranched alkanes of at least 4 members (excludes halogenated alkanes) is 12. The molecule has 36 heavy (non-hydrogen) atoms. The number of rotatable bonds is 25. The predicted molar refractivity (Wildman–Crippen MR) is 156 cm³/mol. The van der Waals surface area contributed by atoms with E-state index in [1.165, 1.54) is 64.2 Å². The lowest BCUT2D eigenvalue weighted by atomic mass is 10.1. The Balaban J connectivity index is 3.85. The molecule has 0 aliphatic carbocycles. The summed E-state index contributed by atoms with van der Waals surface area (Å²) >= 11 is 0. The molecule has 4 nitrogen and oxygen atoms in total. The van der Waals surface area contributed by atoms with Gasteiger partial charge in [-0.1, -0.05) is 107 Å². The van der Waals surface area contributed by atoms with Crippen LogP contribution in [0.5, 0.6) is 0 Å². The number of aliphatic hydroxyl groups is 2. The summed E-state index contributed by atoms with van der Waals surface area (Å²) in [6.07, 6.45) is 36.2. The third-order valence-corrected chi connectivity index (χ3v) is 6.26. The average molecular weight is 504 g/mol. The van der Waals surface area contributed by atoms with Crippen LogP contribution in [0.15, 0.2) is 48.6 Å². The monoisotopic (exact) mass is 503 g/mol. The standard InChI is InChI=1S/C32H57NO3/c1-3-5-7-9-11-13-14-15-16-17-18-20-21-23-25-27-31(35)30(29-34)33-32(36)28-26-24-22-19-12-10-8-6-4-2/h14-15,18-20,22,25,27,30-31,34-35H,3-13,16-17,21,23-24,26,28-29H2,1-2H3,(H,33,36)/b15-14+,20-18+,22-19-,27-25+. The zero-order valence-corrected chi connectivity index (χ0v) is 23.5. The molecule has 3 N–H and O–H groups in total. The van der Waals surface area contributed by atoms with Crippen molar-refractivity contribution in [2.45, 2.75) is 142 Å². The Morgan fingerprint density at radius 3 is 1.61 bits per heavy atom. The van der Waals surface area contributed by atoms with Gasteiger partial charge in [0.1, 0.15) is 0 Å². The van der Waals surface area contributed by atoms with Gasteiger partial charge in [0.05, 0.1) is 18.8 Å². The van der Waals surface area contributed by atoms with E-state index in [0.29, 0.717) is 6.42 Å². The molecule has 4 heteroatoms. The Morgan fingerprint density at radius 1 is 0.639 bits per heavy atom. The van der Waals surface area contributed by atoms with Crippen molar-refractivity contribution in [1.82, 2.24) is 5.32 Å². The largest absolute Gasteiger partial charge is 0.394 e. The SMILES string of the molecule is CCCCCC/C=C\CCCC(=O)NC(CO)C(O)/C=C/CC/C=C/CC/C=C/CCCCCCC. The van der Waals surface area contributed by atoms with Gasteiger partial charge in [-0.2, -0.15) is 0 Å². The van der Waals surface area contributed by atoms with E-state index >= 15 is 0 Å². The summed E-state index contributed by atoms with van der Waals surface area (Å²) < 4.78 is 0. The lowest BCUT2D eigenvalue weighted by Gasteiger charge is -2.19. The molecule has 0 spiro atoms. The van der Waals surface area contributed by atoms with Crippen molar-refractivity contribution >= 4 is 5.91 Å². The highest BCUT2D eigenvalue weighted by Gasteiger charge is 2.17. The van der Waals surface area contributed by atoms with Crippen LogP contribution in [-0.4, -0.2) is 34.9 Å². The molecule has 0 fully saturated rings. The zero-order chi connectivity index (χ0) is 26.5. The van der Waals surface area contributed by atoms with E-state index in [9.17, 15) is 15.0 Å². The number of carbonyl (C=O) groups excluding carboxylic acids is 1. The van der Waals surface area contributed by atoms with E-state index in [-0.39, 0.29) is 12.5 Å². The van der Waals surface area contributed by atoms with Crippen molar-refractivity contribution in [2.24, 2.45) is 0 Å². The molecule has 2 unspecified atom stereocenters. The Hall–Kier alpha value is -1.65. The molecular weight excluding hydrogens is 446 g/mol. The predicted octanol–water partition coefficient (Wildman–Crippen LogP) is 8.11. The molecule has 0 aromatic heterocycles. The Bertz CT molecular complexity index is 594. The highest BCUT2D eigenvalue weighted by molar-refractivity contribution is 5.76. The quantitative estimate of drug-likeness (QED) is 0.0870. The minimum Gasteiger partial charge on any atom is -0.394 e. The van der Waals surface area contributed by atoms with Gasteiger partial charge in [-0.15, -0.1) is 0 Å². The summed E-state index contributed by atoms with van der Waals surface area (Å²) in [6.45, 7) is 4.19. The first-order chi connectivity index (χ1) is 17.7. The van der Waals surface area contributed by atoms with Crippen LogP contribution < -0.4 is 5.32 Å². The van der Waals surface area contributed by atoms with Crippen LogP contribution in [0.2, 0.25) is 0 Å². The molecule has 0 aromatic carbocycles. The molecule has 0 saturated heterocycles. The van der Waals surface area contributed by atoms with Crippen molar-refractivity contribution in [3.05, 3.63) is 48.6 Å². The van der Waals surface area contributed by atoms with Gasteiger partial charge in [0, 0.05) is 6.42 Å². The Kier molecular flexibility index (Phi) is 26.6. The Labute approximate surface area is 223 Å². The smallest absolute Gasteiger partial charge is 0.220 e. The summed E-state index contributed by atoms with van der Waals surface area (Å²) in [4.78, 5) is 12.1. The number of hydrogen-bond acceptors (Lipinski definition) is 3. The summed E-state index contributed by atoms with van der Waals surface area (Å²) in [7, 11) is 0. The van der Waals surface area contributed by atoms with Gasteiger partial charge in [-0.25, -0.2) is 0 Å². The topological polar surface area (TPSA) is 69.6 Å². The van der Waals surface area contributed by atoms with Gasteiger partial charge in [-0.05, 0) is 64.2 Å². The Morgan fingerprint density at radius 2 is 1.08 bits per heavy atom. The first kappa shape index (κ1) is 34.4. The van der Waals surface area contributed by atoms with Crippen LogP contribution in [0.4, 0.5) is 0 Å². The minimum absolute atomic E-state index is 0.119. The maximum Gasteiger partial charge on any atom is 0.220 e. The van der Waals surface area contributed by atoms with Gasteiger partial charge in [-0.3, -0.25) is 4.79 Å². The minimum atomic E-state index is -0.877. The second-order valence-corrected chi connectivity index (χ2v) is 9.79. The molecule has 0 heterocycles. The second kappa shape index (κ2) is 27.9. The number of carbonyl (C=O) groups is 1. The maximum atomic E-state index is 12.1. The first-order valence-electron chi connectivity index (χ1n) is 14.9. The highest BCUT2D eigenvalue weighted by atomic mass is 16.3. The third kappa shape index (κ3) is 24.1. The molecular formula is C32H57NO3. The van der Waals surface area contributed by atoms with Crippen LogP contribution in [0.1, 0.15) is 129 Å². The molecule has 0 bridgehead atoms. The molecule has 0 aromatic rings. The molecule has 0 aliphatic rings. The van der Waals surface area contributed by atoms with Crippen molar-refractivity contribution in [2.75, 3.05) is 6.61 Å². The molecule has 208 valence electrons. The summed E-state index contributed by atoms with van der Waals surface area (Å²) in [5.41, 5.74) is 0. The number of aliphatic hydroxyl groups excluding tert-OH is 2. The molecule has 1 amide bonds. The fourth-order valence-corrected chi connectivity index (χ4v) is 3.91. The van der Waals surface area contributed by atoms with Gasteiger partial charge in [0.2, 0.25) is 5.91 Å². The van der Waals surface area contributed by atoms with E-state index in [1.807, 2.05) is 6.08 Å². The fourth-order valence-electron chi connectivity index (χ4n) is 3.91.